The Balaban J connectivity index is 2.26. The van der Waals surface area contributed by atoms with E-state index in [9.17, 15) is 14.4 Å². The van der Waals surface area contributed by atoms with Crippen molar-refractivity contribution >= 4 is 17.9 Å². The van der Waals surface area contributed by atoms with Crippen LogP contribution >= 0.6 is 0 Å². The van der Waals surface area contributed by atoms with Gasteiger partial charge in [-0.25, -0.2) is 4.79 Å². The van der Waals surface area contributed by atoms with E-state index in [0.29, 0.717) is 19.7 Å². The molecule has 0 aromatic carbocycles. The highest BCUT2D eigenvalue weighted by molar-refractivity contribution is 5.94. The van der Waals surface area contributed by atoms with E-state index in [1.807, 2.05) is 6.92 Å². The van der Waals surface area contributed by atoms with E-state index < -0.39 is 17.9 Å². The van der Waals surface area contributed by atoms with Gasteiger partial charge in [0.25, 0.3) is 0 Å². The van der Waals surface area contributed by atoms with Crippen LogP contribution in [0.4, 0.5) is 4.79 Å². The Bertz CT molecular complexity index is 331. The maximum atomic E-state index is 11.7. The summed E-state index contributed by atoms with van der Waals surface area (Å²) in [5.74, 6) is -1.39. The number of nitrogens with zero attached hydrogens (tertiary/aromatic N) is 1. The van der Waals surface area contributed by atoms with Gasteiger partial charge in [-0.05, 0) is 13.3 Å². The number of carboxylic acid groups (broad SMARTS) is 1. The molecule has 102 valence electrons. The quantitative estimate of drug-likeness (QED) is 0.750. The van der Waals surface area contributed by atoms with E-state index in [0.717, 1.165) is 0 Å². The maximum absolute atomic E-state index is 11.7. The van der Waals surface area contributed by atoms with Crippen molar-refractivity contribution in [2.24, 2.45) is 0 Å². The molecular formula is C11H18N2O5. The standard InChI is InChI=1S/C11H18N2O5/c1-8-7-13(5-6-18-8)11(17)12-9(14)3-2-4-10(15)16/h8H,2-7H2,1H3,(H,15,16)(H,12,14,17). The van der Waals surface area contributed by atoms with E-state index in [2.05, 4.69) is 5.32 Å². The van der Waals surface area contributed by atoms with Gasteiger partial charge in [-0.3, -0.25) is 14.9 Å². The lowest BCUT2D eigenvalue weighted by atomic mass is 10.2. The van der Waals surface area contributed by atoms with E-state index >= 15 is 0 Å². The Hall–Kier alpha value is -1.63. The summed E-state index contributed by atoms with van der Waals surface area (Å²) in [7, 11) is 0. The molecule has 0 spiro atoms. The lowest BCUT2D eigenvalue weighted by molar-refractivity contribution is -0.137. The molecule has 7 nitrogen and oxygen atoms in total. The summed E-state index contributed by atoms with van der Waals surface area (Å²) in [6, 6.07) is -0.439. The third-order valence-electron chi connectivity index (χ3n) is 2.57. The fourth-order valence-corrected chi connectivity index (χ4v) is 1.66. The van der Waals surface area contributed by atoms with Crippen LogP contribution in [0.2, 0.25) is 0 Å². The van der Waals surface area contributed by atoms with Crippen molar-refractivity contribution in [2.45, 2.75) is 32.3 Å². The van der Waals surface area contributed by atoms with E-state index in [1.165, 1.54) is 4.90 Å². The first-order valence-electron chi connectivity index (χ1n) is 5.91. The van der Waals surface area contributed by atoms with Gasteiger partial charge in [-0.1, -0.05) is 0 Å². The number of hydrogen-bond acceptors (Lipinski definition) is 4. The predicted molar refractivity (Wildman–Crippen MR) is 62.0 cm³/mol. The SMILES string of the molecule is CC1CN(C(=O)NC(=O)CCCC(=O)O)CCO1. The first-order chi connectivity index (χ1) is 8.49. The zero-order valence-electron chi connectivity index (χ0n) is 10.3. The number of aliphatic carboxylic acids is 1. The maximum Gasteiger partial charge on any atom is 0.324 e. The van der Waals surface area contributed by atoms with Gasteiger partial charge in [0.2, 0.25) is 5.91 Å². The summed E-state index contributed by atoms with van der Waals surface area (Å²) in [5, 5.41) is 10.7. The molecule has 1 fully saturated rings. The molecule has 1 unspecified atom stereocenters. The monoisotopic (exact) mass is 258 g/mol. The van der Waals surface area contributed by atoms with Crippen molar-refractivity contribution in [3.63, 3.8) is 0 Å². The molecule has 1 heterocycles. The molecule has 0 aromatic heterocycles. The van der Waals surface area contributed by atoms with Gasteiger partial charge < -0.3 is 14.7 Å². The molecule has 0 aliphatic carbocycles. The van der Waals surface area contributed by atoms with Gasteiger partial charge in [0.1, 0.15) is 0 Å². The number of nitrogens with one attached hydrogen (secondary N) is 1. The Morgan fingerprint density at radius 1 is 1.39 bits per heavy atom. The molecule has 2 N–H and O–H groups in total. The van der Waals surface area contributed by atoms with Crippen molar-refractivity contribution < 1.29 is 24.2 Å². The van der Waals surface area contributed by atoms with Crippen LogP contribution in [-0.2, 0) is 14.3 Å². The first-order valence-corrected chi connectivity index (χ1v) is 5.91. The zero-order valence-corrected chi connectivity index (χ0v) is 10.3. The fourth-order valence-electron chi connectivity index (χ4n) is 1.66. The second kappa shape index (κ2) is 6.95. The molecule has 0 bridgehead atoms. The molecular weight excluding hydrogens is 240 g/mol. The smallest absolute Gasteiger partial charge is 0.324 e. The molecule has 7 heteroatoms. The minimum Gasteiger partial charge on any atom is -0.481 e. The number of ether oxygens (including phenoxy) is 1. The van der Waals surface area contributed by atoms with Crippen LogP contribution < -0.4 is 5.32 Å². The molecule has 1 atom stereocenters. The van der Waals surface area contributed by atoms with Crippen LogP contribution in [0.5, 0.6) is 0 Å². The minimum atomic E-state index is -0.948. The van der Waals surface area contributed by atoms with E-state index in [1.54, 1.807) is 0 Å². The molecule has 1 saturated heterocycles. The average molecular weight is 258 g/mol. The van der Waals surface area contributed by atoms with Gasteiger partial charge in [0, 0.05) is 25.9 Å². The number of rotatable bonds is 4. The summed E-state index contributed by atoms with van der Waals surface area (Å²) in [5.41, 5.74) is 0. The topological polar surface area (TPSA) is 95.9 Å². The number of carboxylic acids is 1. The van der Waals surface area contributed by atoms with Crippen LogP contribution in [0.1, 0.15) is 26.2 Å². The molecule has 1 rings (SSSR count). The van der Waals surface area contributed by atoms with Crippen molar-refractivity contribution in [2.75, 3.05) is 19.7 Å². The van der Waals surface area contributed by atoms with Crippen LogP contribution in [0.25, 0.3) is 0 Å². The van der Waals surface area contributed by atoms with Gasteiger partial charge in [-0.15, -0.1) is 0 Å². The molecule has 3 amide bonds. The second-order valence-electron chi connectivity index (χ2n) is 4.23. The predicted octanol–water partition coefficient (Wildman–Crippen LogP) is 0.198. The van der Waals surface area contributed by atoms with Gasteiger partial charge in [-0.2, -0.15) is 0 Å². The van der Waals surface area contributed by atoms with E-state index in [4.69, 9.17) is 9.84 Å². The van der Waals surface area contributed by atoms with Gasteiger partial charge in [0.05, 0.1) is 12.7 Å². The third kappa shape index (κ3) is 5.13. The molecule has 18 heavy (non-hydrogen) atoms. The number of morpholine rings is 1. The number of imide groups is 1. The van der Waals surface area contributed by atoms with Crippen molar-refractivity contribution in [3.8, 4) is 0 Å². The lowest BCUT2D eigenvalue weighted by Crippen LogP contribution is -2.50. The van der Waals surface area contributed by atoms with Crippen LogP contribution in [0.3, 0.4) is 0 Å². The third-order valence-corrected chi connectivity index (χ3v) is 2.57. The highest BCUT2D eigenvalue weighted by Gasteiger charge is 2.22. The van der Waals surface area contributed by atoms with Crippen LogP contribution in [0.15, 0.2) is 0 Å². The summed E-state index contributed by atoms with van der Waals surface area (Å²) < 4.78 is 5.28. The second-order valence-corrected chi connectivity index (χ2v) is 4.23. The van der Waals surface area contributed by atoms with Crippen LogP contribution in [-0.4, -0.2) is 53.7 Å². The van der Waals surface area contributed by atoms with Gasteiger partial charge in [0.15, 0.2) is 0 Å². The molecule has 0 radical (unpaired) electrons. The largest absolute Gasteiger partial charge is 0.481 e. The average Bonchev–Trinajstić information content (AvgIpc) is 2.28. The number of carbonyl (C=O) groups is 3. The highest BCUT2D eigenvalue weighted by Crippen LogP contribution is 2.04. The molecule has 0 saturated carbocycles. The molecule has 1 aliphatic heterocycles. The minimum absolute atomic E-state index is 0.0355. The molecule has 1 aliphatic rings. The molecule has 0 aromatic rings. The van der Waals surface area contributed by atoms with E-state index in [-0.39, 0.29) is 25.4 Å². The summed E-state index contributed by atoms with van der Waals surface area (Å²) in [6.07, 6.45) is 0.161. The number of hydrogen-bond donors (Lipinski definition) is 2. The normalized spacial score (nSPS) is 19.4. The summed E-state index contributed by atoms with van der Waals surface area (Å²) >= 11 is 0. The van der Waals surface area contributed by atoms with Crippen molar-refractivity contribution in [3.05, 3.63) is 0 Å². The lowest BCUT2D eigenvalue weighted by Gasteiger charge is -2.30. The van der Waals surface area contributed by atoms with Crippen molar-refractivity contribution in [1.29, 1.82) is 0 Å². The number of amides is 3. The zero-order chi connectivity index (χ0) is 13.5. The fraction of sp³-hybridized carbons (Fsp3) is 0.727. The Morgan fingerprint density at radius 3 is 2.72 bits per heavy atom. The highest BCUT2D eigenvalue weighted by atomic mass is 16.5. The van der Waals surface area contributed by atoms with Crippen molar-refractivity contribution in [1.82, 2.24) is 10.2 Å². The Labute approximate surface area is 105 Å². The Kier molecular flexibility index (Phi) is 5.57. The summed E-state index contributed by atoms with van der Waals surface area (Å²) in [4.78, 5) is 34.8. The number of urea groups is 1. The summed E-state index contributed by atoms with van der Waals surface area (Å²) in [6.45, 7) is 3.22. The van der Waals surface area contributed by atoms with Gasteiger partial charge >= 0.3 is 12.0 Å². The number of carbonyl (C=O) groups excluding carboxylic acids is 2. The first kappa shape index (κ1) is 14.4. The Morgan fingerprint density at radius 2 is 2.11 bits per heavy atom. The van der Waals surface area contributed by atoms with Crippen LogP contribution in [0, 0.1) is 0 Å².